The van der Waals surface area contributed by atoms with Gasteiger partial charge in [0.05, 0.1) is 12.2 Å². The molecule has 0 spiro atoms. The molecular weight excluding hydrogens is 196 g/mol. The summed E-state index contributed by atoms with van der Waals surface area (Å²) in [5.41, 5.74) is 0.849. The van der Waals surface area contributed by atoms with Crippen molar-refractivity contribution in [2.24, 2.45) is 0 Å². The second-order valence-electron chi connectivity index (χ2n) is 3.86. The van der Waals surface area contributed by atoms with E-state index in [0.29, 0.717) is 11.1 Å². The van der Waals surface area contributed by atoms with E-state index in [4.69, 9.17) is 4.74 Å². The highest BCUT2D eigenvalue weighted by Crippen LogP contribution is 2.44. The van der Waals surface area contributed by atoms with Crippen molar-refractivity contribution in [3.05, 3.63) is 23.3 Å². The Balaban J connectivity index is 2.64. The molecule has 4 nitrogen and oxygen atoms in total. The van der Waals surface area contributed by atoms with Gasteiger partial charge in [-0.1, -0.05) is 0 Å². The summed E-state index contributed by atoms with van der Waals surface area (Å²) in [4.78, 5) is 0. The Morgan fingerprint density at radius 1 is 1.07 bits per heavy atom. The minimum absolute atomic E-state index is 0.00250. The number of aliphatic hydroxyl groups is 1. The van der Waals surface area contributed by atoms with Crippen molar-refractivity contribution >= 4 is 0 Å². The van der Waals surface area contributed by atoms with Crippen molar-refractivity contribution in [1.82, 2.24) is 0 Å². The maximum atomic E-state index is 9.86. The van der Waals surface area contributed by atoms with E-state index in [2.05, 4.69) is 0 Å². The highest BCUT2D eigenvalue weighted by atomic mass is 16.5. The van der Waals surface area contributed by atoms with Crippen molar-refractivity contribution in [3.63, 3.8) is 0 Å². The molecule has 2 rings (SSSR count). The molecule has 1 aromatic rings. The molecule has 0 amide bonds. The molecule has 1 aliphatic rings. The van der Waals surface area contributed by atoms with E-state index in [1.165, 1.54) is 12.1 Å². The quantitative estimate of drug-likeness (QED) is 0.569. The second-order valence-corrected chi connectivity index (χ2v) is 3.86. The number of aromatic hydroxyl groups is 2. The largest absolute Gasteiger partial charge is 0.508 e. The van der Waals surface area contributed by atoms with Crippen molar-refractivity contribution in [2.45, 2.75) is 32.2 Å². The van der Waals surface area contributed by atoms with Crippen LogP contribution in [-0.2, 0) is 4.74 Å². The van der Waals surface area contributed by atoms with Gasteiger partial charge in [-0.15, -0.1) is 0 Å². The van der Waals surface area contributed by atoms with Crippen LogP contribution in [0.3, 0.4) is 0 Å². The summed E-state index contributed by atoms with van der Waals surface area (Å²) in [6.45, 7) is 3.51. The molecule has 1 heterocycles. The summed E-state index contributed by atoms with van der Waals surface area (Å²) >= 11 is 0. The second kappa shape index (κ2) is 3.40. The van der Waals surface area contributed by atoms with Crippen molar-refractivity contribution in [1.29, 1.82) is 0 Å². The van der Waals surface area contributed by atoms with Crippen LogP contribution in [0.25, 0.3) is 0 Å². The average Bonchev–Trinajstić information content (AvgIpc) is 2.18. The third kappa shape index (κ3) is 1.46. The first-order chi connectivity index (χ1) is 7.02. The van der Waals surface area contributed by atoms with Crippen molar-refractivity contribution < 1.29 is 20.1 Å². The fraction of sp³-hybridized carbons (Fsp3) is 0.455. The molecule has 3 N–H and O–H groups in total. The smallest absolute Gasteiger partial charge is 0.122 e. The molecule has 1 aliphatic heterocycles. The van der Waals surface area contributed by atoms with E-state index in [0.717, 1.165) is 0 Å². The lowest BCUT2D eigenvalue weighted by molar-refractivity contribution is -0.0825. The first-order valence-corrected chi connectivity index (χ1v) is 4.90. The summed E-state index contributed by atoms with van der Waals surface area (Å²) in [6.07, 6.45) is -1.62. The SMILES string of the molecule is C[C@@H]1O[C@H](C)c2c(O)ccc(O)c2[C@H]1O. The third-order valence-corrected chi connectivity index (χ3v) is 2.81. The van der Waals surface area contributed by atoms with Crippen molar-refractivity contribution in [2.75, 3.05) is 0 Å². The van der Waals surface area contributed by atoms with Crippen molar-refractivity contribution in [3.8, 4) is 11.5 Å². The normalized spacial score (nSPS) is 29.9. The van der Waals surface area contributed by atoms with Gasteiger partial charge in [0.25, 0.3) is 0 Å². The van der Waals surface area contributed by atoms with Gasteiger partial charge in [0.15, 0.2) is 0 Å². The fourth-order valence-corrected chi connectivity index (χ4v) is 2.05. The zero-order valence-corrected chi connectivity index (χ0v) is 8.64. The van der Waals surface area contributed by atoms with Crippen LogP contribution in [0.1, 0.15) is 37.2 Å². The lowest BCUT2D eigenvalue weighted by atomic mass is 9.91. The molecule has 3 atom stereocenters. The first-order valence-electron chi connectivity index (χ1n) is 4.90. The van der Waals surface area contributed by atoms with Crippen LogP contribution >= 0.6 is 0 Å². The lowest BCUT2D eigenvalue weighted by Crippen LogP contribution is -2.27. The highest BCUT2D eigenvalue weighted by Gasteiger charge is 2.34. The molecule has 0 saturated carbocycles. The lowest BCUT2D eigenvalue weighted by Gasteiger charge is -2.33. The van der Waals surface area contributed by atoms with E-state index in [-0.39, 0.29) is 23.7 Å². The number of benzene rings is 1. The Hall–Kier alpha value is -1.26. The predicted octanol–water partition coefficient (Wildman–Crippen LogP) is 1.61. The zero-order valence-electron chi connectivity index (χ0n) is 8.64. The molecule has 0 bridgehead atoms. The van der Waals surface area contributed by atoms with Crippen LogP contribution in [0, 0.1) is 0 Å². The minimum atomic E-state index is -0.900. The Morgan fingerprint density at radius 2 is 1.60 bits per heavy atom. The number of hydrogen-bond donors (Lipinski definition) is 3. The summed E-state index contributed by atoms with van der Waals surface area (Å²) in [7, 11) is 0. The molecule has 0 aromatic heterocycles. The maximum absolute atomic E-state index is 9.86. The summed E-state index contributed by atoms with van der Waals surface area (Å²) in [6, 6.07) is 2.78. The van der Waals surface area contributed by atoms with E-state index in [9.17, 15) is 15.3 Å². The highest BCUT2D eigenvalue weighted by molar-refractivity contribution is 5.51. The molecule has 4 heteroatoms. The monoisotopic (exact) mass is 210 g/mol. The van der Waals surface area contributed by atoms with Gasteiger partial charge in [-0.25, -0.2) is 0 Å². The molecule has 0 radical (unpaired) electrons. The fourth-order valence-electron chi connectivity index (χ4n) is 2.05. The molecular formula is C11H14O4. The maximum Gasteiger partial charge on any atom is 0.122 e. The van der Waals surface area contributed by atoms with Gasteiger partial charge in [0.1, 0.15) is 17.6 Å². The number of ether oxygens (including phenoxy) is 1. The van der Waals surface area contributed by atoms with Gasteiger partial charge in [-0.05, 0) is 26.0 Å². The number of aliphatic hydroxyl groups excluding tert-OH is 1. The first kappa shape index (κ1) is 10.3. The van der Waals surface area contributed by atoms with Gasteiger partial charge in [0, 0.05) is 11.1 Å². The number of phenolic OH excluding ortho intramolecular Hbond substituents is 2. The van der Waals surface area contributed by atoms with Crippen LogP contribution in [0.5, 0.6) is 11.5 Å². The van der Waals surface area contributed by atoms with E-state index >= 15 is 0 Å². The van der Waals surface area contributed by atoms with Gasteiger partial charge in [0.2, 0.25) is 0 Å². The Labute approximate surface area is 87.7 Å². The van der Waals surface area contributed by atoms with Crippen LogP contribution in [0.15, 0.2) is 12.1 Å². The number of hydrogen-bond acceptors (Lipinski definition) is 4. The van der Waals surface area contributed by atoms with Gasteiger partial charge in [-0.3, -0.25) is 0 Å². The Bertz CT molecular complexity index is 388. The van der Waals surface area contributed by atoms with Crippen LogP contribution in [0.4, 0.5) is 0 Å². The predicted molar refractivity (Wildman–Crippen MR) is 53.7 cm³/mol. The summed E-state index contributed by atoms with van der Waals surface area (Å²) < 4.78 is 5.44. The average molecular weight is 210 g/mol. The molecule has 82 valence electrons. The summed E-state index contributed by atoms with van der Waals surface area (Å²) in [5.74, 6) is 0.0403. The number of fused-ring (bicyclic) bond motifs is 1. The standard InChI is InChI=1S/C11H14O4/c1-5-9-7(12)3-4-8(13)10(9)11(14)6(2)15-5/h3-6,11-14H,1-2H3/t5-,6+,11+/m1/s1. The third-order valence-electron chi connectivity index (χ3n) is 2.81. The van der Waals surface area contributed by atoms with E-state index in [1.54, 1.807) is 13.8 Å². The molecule has 0 fully saturated rings. The van der Waals surface area contributed by atoms with Crippen LogP contribution in [-0.4, -0.2) is 21.4 Å². The Kier molecular flexibility index (Phi) is 2.32. The molecule has 1 aromatic carbocycles. The molecule has 0 aliphatic carbocycles. The number of rotatable bonds is 0. The topological polar surface area (TPSA) is 69.9 Å². The number of phenols is 2. The van der Waals surface area contributed by atoms with Gasteiger partial charge < -0.3 is 20.1 Å². The Morgan fingerprint density at radius 3 is 2.20 bits per heavy atom. The summed E-state index contributed by atoms with van der Waals surface area (Å²) in [5, 5.41) is 29.2. The minimum Gasteiger partial charge on any atom is -0.508 e. The van der Waals surface area contributed by atoms with Crippen LogP contribution in [0.2, 0.25) is 0 Å². The molecule has 0 saturated heterocycles. The van der Waals surface area contributed by atoms with E-state index in [1.807, 2.05) is 0 Å². The van der Waals surface area contributed by atoms with Crippen LogP contribution < -0.4 is 0 Å². The van der Waals surface area contributed by atoms with Gasteiger partial charge >= 0.3 is 0 Å². The molecule has 0 unspecified atom stereocenters. The zero-order chi connectivity index (χ0) is 11.2. The molecule has 15 heavy (non-hydrogen) atoms. The van der Waals surface area contributed by atoms with E-state index < -0.39 is 6.10 Å². The van der Waals surface area contributed by atoms with Gasteiger partial charge in [-0.2, -0.15) is 0 Å².